The zero-order valence-electron chi connectivity index (χ0n) is 11.4. The molecule has 2 nitrogen and oxygen atoms in total. The van der Waals surface area contributed by atoms with E-state index in [0.717, 1.165) is 18.2 Å². The van der Waals surface area contributed by atoms with Crippen LogP contribution >= 0.6 is 0 Å². The smallest absolute Gasteiger partial charge is 0.165 e. The number of aromatic nitrogens is 1. The van der Waals surface area contributed by atoms with Crippen molar-refractivity contribution >= 4 is 5.78 Å². The van der Waals surface area contributed by atoms with E-state index in [2.05, 4.69) is 4.98 Å². The van der Waals surface area contributed by atoms with Crippen LogP contribution in [0.4, 0.5) is 8.78 Å². The number of fused-ring (bicyclic) bond motifs is 1. The molecule has 1 aromatic carbocycles. The molecule has 1 aliphatic carbocycles. The SMILES string of the molecule is CC1(C)CC(=O)c2cc(-c3ccc(F)cc3F)[nH]c2C1. The van der Waals surface area contributed by atoms with Gasteiger partial charge < -0.3 is 4.98 Å². The molecule has 0 radical (unpaired) electrons. The molecular formula is C16H15F2NO. The lowest BCUT2D eigenvalue weighted by atomic mass is 9.76. The van der Waals surface area contributed by atoms with Gasteiger partial charge in [0.15, 0.2) is 5.78 Å². The lowest BCUT2D eigenvalue weighted by molar-refractivity contribution is 0.0912. The summed E-state index contributed by atoms with van der Waals surface area (Å²) in [4.78, 5) is 15.2. The topological polar surface area (TPSA) is 32.9 Å². The average molecular weight is 275 g/mol. The molecule has 0 bridgehead atoms. The molecule has 0 unspecified atom stereocenters. The lowest BCUT2D eigenvalue weighted by Crippen LogP contribution is -2.26. The van der Waals surface area contributed by atoms with Crippen molar-refractivity contribution in [1.82, 2.24) is 4.98 Å². The van der Waals surface area contributed by atoms with Crippen molar-refractivity contribution in [2.24, 2.45) is 5.41 Å². The molecule has 20 heavy (non-hydrogen) atoms. The molecular weight excluding hydrogens is 260 g/mol. The highest BCUT2D eigenvalue weighted by molar-refractivity contribution is 6.00. The van der Waals surface area contributed by atoms with Crippen LogP contribution in [0.5, 0.6) is 0 Å². The molecule has 4 heteroatoms. The van der Waals surface area contributed by atoms with Crippen molar-refractivity contribution in [2.45, 2.75) is 26.7 Å². The van der Waals surface area contributed by atoms with Crippen molar-refractivity contribution in [2.75, 3.05) is 0 Å². The van der Waals surface area contributed by atoms with E-state index in [1.54, 1.807) is 6.07 Å². The Morgan fingerprint density at radius 2 is 1.85 bits per heavy atom. The van der Waals surface area contributed by atoms with Gasteiger partial charge in [0.05, 0.1) is 0 Å². The molecule has 104 valence electrons. The first kappa shape index (κ1) is 13.0. The predicted molar refractivity (Wildman–Crippen MR) is 72.6 cm³/mol. The van der Waals surface area contributed by atoms with Crippen molar-refractivity contribution in [3.8, 4) is 11.3 Å². The fourth-order valence-electron chi connectivity index (χ4n) is 2.81. The summed E-state index contributed by atoms with van der Waals surface area (Å²) >= 11 is 0. The summed E-state index contributed by atoms with van der Waals surface area (Å²) in [6.45, 7) is 4.07. The van der Waals surface area contributed by atoms with Gasteiger partial charge in [-0.25, -0.2) is 8.78 Å². The zero-order valence-corrected chi connectivity index (χ0v) is 11.4. The van der Waals surface area contributed by atoms with Gasteiger partial charge in [0.1, 0.15) is 11.6 Å². The number of ketones is 1. The first-order valence-corrected chi connectivity index (χ1v) is 6.56. The highest BCUT2D eigenvalue weighted by atomic mass is 19.1. The van der Waals surface area contributed by atoms with Gasteiger partial charge in [-0.15, -0.1) is 0 Å². The van der Waals surface area contributed by atoms with Crippen LogP contribution in [-0.2, 0) is 6.42 Å². The Bertz CT molecular complexity index is 700. The molecule has 1 N–H and O–H groups in total. The number of hydrogen-bond donors (Lipinski definition) is 1. The van der Waals surface area contributed by atoms with E-state index in [9.17, 15) is 13.6 Å². The number of nitrogens with one attached hydrogen (secondary N) is 1. The standard InChI is InChI=1S/C16H15F2NO/c1-16(2)7-14-11(15(20)8-16)6-13(19-14)10-4-3-9(17)5-12(10)18/h3-6,19H,7-8H2,1-2H3. The van der Waals surface area contributed by atoms with Gasteiger partial charge in [-0.3, -0.25) is 4.79 Å². The maximum atomic E-state index is 13.8. The van der Waals surface area contributed by atoms with Crippen LogP contribution in [0.2, 0.25) is 0 Å². The molecule has 2 aromatic rings. The van der Waals surface area contributed by atoms with Gasteiger partial charge in [0.25, 0.3) is 0 Å². The van der Waals surface area contributed by atoms with E-state index < -0.39 is 11.6 Å². The molecule has 0 atom stereocenters. The number of halogens is 2. The summed E-state index contributed by atoms with van der Waals surface area (Å²) in [5.41, 5.74) is 2.19. The number of H-pyrrole nitrogens is 1. The molecule has 1 aliphatic rings. The molecule has 1 heterocycles. The molecule has 0 saturated carbocycles. The average Bonchev–Trinajstić information content (AvgIpc) is 2.70. The molecule has 0 spiro atoms. The minimum Gasteiger partial charge on any atom is -0.358 e. The summed E-state index contributed by atoms with van der Waals surface area (Å²) in [5.74, 6) is -1.17. The number of hydrogen-bond acceptors (Lipinski definition) is 1. The lowest BCUT2D eigenvalue weighted by Gasteiger charge is -2.27. The first-order chi connectivity index (χ1) is 9.35. The Morgan fingerprint density at radius 3 is 2.55 bits per heavy atom. The van der Waals surface area contributed by atoms with Crippen molar-refractivity contribution in [1.29, 1.82) is 0 Å². The fraction of sp³-hybridized carbons (Fsp3) is 0.312. The summed E-state index contributed by atoms with van der Waals surface area (Å²) < 4.78 is 26.8. The van der Waals surface area contributed by atoms with Crippen molar-refractivity contribution in [3.05, 3.63) is 47.2 Å². The van der Waals surface area contributed by atoms with Gasteiger partial charge in [0, 0.05) is 35.0 Å². The highest BCUT2D eigenvalue weighted by Gasteiger charge is 2.32. The zero-order chi connectivity index (χ0) is 14.5. The largest absolute Gasteiger partial charge is 0.358 e. The van der Waals surface area contributed by atoms with Gasteiger partial charge in [0.2, 0.25) is 0 Å². The quantitative estimate of drug-likeness (QED) is 0.834. The van der Waals surface area contributed by atoms with Crippen LogP contribution in [0.3, 0.4) is 0 Å². The molecule has 1 aromatic heterocycles. The third-order valence-corrected chi connectivity index (χ3v) is 3.72. The number of Topliss-reactive ketones (excluding diaryl/α,β-unsaturated/α-hetero) is 1. The van der Waals surface area contributed by atoms with Crippen LogP contribution in [-0.4, -0.2) is 10.8 Å². The number of aromatic amines is 1. The fourth-order valence-corrected chi connectivity index (χ4v) is 2.81. The summed E-state index contributed by atoms with van der Waals surface area (Å²) in [6, 6.07) is 5.12. The van der Waals surface area contributed by atoms with Crippen LogP contribution in [0.15, 0.2) is 24.3 Å². The maximum Gasteiger partial charge on any atom is 0.165 e. The van der Waals surface area contributed by atoms with Crippen LogP contribution in [0, 0.1) is 17.0 Å². The first-order valence-electron chi connectivity index (χ1n) is 6.56. The Labute approximate surface area is 115 Å². The van der Waals surface area contributed by atoms with E-state index in [1.807, 2.05) is 13.8 Å². The Balaban J connectivity index is 2.08. The van der Waals surface area contributed by atoms with Crippen LogP contribution in [0.25, 0.3) is 11.3 Å². The molecule has 3 rings (SSSR count). The van der Waals surface area contributed by atoms with E-state index in [1.165, 1.54) is 12.1 Å². The Hall–Kier alpha value is -1.97. The number of benzene rings is 1. The summed E-state index contributed by atoms with van der Waals surface area (Å²) in [7, 11) is 0. The van der Waals surface area contributed by atoms with Gasteiger partial charge in [-0.1, -0.05) is 13.8 Å². The number of carbonyl (C=O) groups is 1. The second-order valence-electron chi connectivity index (χ2n) is 6.14. The molecule has 0 fully saturated rings. The van der Waals surface area contributed by atoms with Gasteiger partial charge in [-0.05, 0) is 30.0 Å². The molecule has 0 saturated heterocycles. The highest BCUT2D eigenvalue weighted by Crippen LogP contribution is 2.36. The minimum absolute atomic E-state index is 0.0706. The second kappa shape index (κ2) is 4.27. The van der Waals surface area contributed by atoms with Crippen LogP contribution < -0.4 is 0 Å². The summed E-state index contributed by atoms with van der Waals surface area (Å²) in [5, 5.41) is 0. The Morgan fingerprint density at radius 1 is 1.10 bits per heavy atom. The monoisotopic (exact) mass is 275 g/mol. The number of rotatable bonds is 1. The van der Waals surface area contributed by atoms with E-state index in [4.69, 9.17) is 0 Å². The summed E-state index contributed by atoms with van der Waals surface area (Å²) in [6.07, 6.45) is 1.24. The van der Waals surface area contributed by atoms with E-state index in [0.29, 0.717) is 17.7 Å². The second-order valence-corrected chi connectivity index (χ2v) is 6.14. The van der Waals surface area contributed by atoms with Crippen molar-refractivity contribution < 1.29 is 13.6 Å². The van der Waals surface area contributed by atoms with Crippen molar-refractivity contribution in [3.63, 3.8) is 0 Å². The maximum absolute atomic E-state index is 13.8. The minimum atomic E-state index is -0.629. The number of carbonyl (C=O) groups excluding carboxylic acids is 1. The normalized spacial score (nSPS) is 17.1. The van der Waals surface area contributed by atoms with Gasteiger partial charge >= 0.3 is 0 Å². The Kier molecular flexibility index (Phi) is 2.78. The third kappa shape index (κ3) is 2.15. The van der Waals surface area contributed by atoms with E-state index in [-0.39, 0.29) is 16.8 Å². The third-order valence-electron chi connectivity index (χ3n) is 3.72. The van der Waals surface area contributed by atoms with E-state index >= 15 is 0 Å². The predicted octanol–water partition coefficient (Wildman–Crippen LogP) is 4.12. The van der Waals surface area contributed by atoms with Gasteiger partial charge in [-0.2, -0.15) is 0 Å². The molecule has 0 amide bonds. The van der Waals surface area contributed by atoms with Crippen LogP contribution in [0.1, 0.15) is 36.3 Å². The molecule has 0 aliphatic heterocycles.